The van der Waals surface area contributed by atoms with Crippen molar-refractivity contribution >= 4 is 29.1 Å². The van der Waals surface area contributed by atoms with E-state index in [0.29, 0.717) is 0 Å². The fourth-order valence-corrected chi connectivity index (χ4v) is 2.76. The van der Waals surface area contributed by atoms with Gasteiger partial charge in [0, 0.05) is 5.92 Å². The first-order chi connectivity index (χ1) is 12.1. The Morgan fingerprint density at radius 3 is 2.40 bits per heavy atom. The fourth-order valence-electron chi connectivity index (χ4n) is 2.61. The van der Waals surface area contributed by atoms with Gasteiger partial charge >= 0.3 is 0 Å². The van der Waals surface area contributed by atoms with E-state index in [1.807, 2.05) is 30.3 Å². The average molecular weight is 357 g/mol. The van der Waals surface area contributed by atoms with E-state index in [2.05, 4.69) is 16.2 Å². The van der Waals surface area contributed by atoms with Crippen LogP contribution in [0, 0.1) is 11.7 Å². The van der Waals surface area contributed by atoms with Crippen LogP contribution in [0.2, 0.25) is 0 Å². The van der Waals surface area contributed by atoms with Crippen LogP contribution in [-0.2, 0) is 4.79 Å². The van der Waals surface area contributed by atoms with Gasteiger partial charge in [0.15, 0.2) is 5.11 Å². The summed E-state index contributed by atoms with van der Waals surface area (Å²) in [6.45, 7) is 0. The van der Waals surface area contributed by atoms with Crippen LogP contribution in [0.1, 0.15) is 28.3 Å². The van der Waals surface area contributed by atoms with Gasteiger partial charge in [-0.2, -0.15) is 0 Å². The number of hydrogen-bond donors (Lipinski definition) is 3. The second-order valence-electron chi connectivity index (χ2n) is 5.74. The number of amides is 2. The summed E-state index contributed by atoms with van der Waals surface area (Å²) < 4.78 is 13.5. The lowest BCUT2D eigenvalue weighted by atomic mass is 10.1. The van der Waals surface area contributed by atoms with Crippen molar-refractivity contribution < 1.29 is 14.0 Å². The molecule has 0 aliphatic heterocycles. The Labute approximate surface area is 149 Å². The lowest BCUT2D eigenvalue weighted by molar-refractivity contribution is -0.123. The third-order valence-electron chi connectivity index (χ3n) is 4.00. The maximum Gasteiger partial charge on any atom is 0.260 e. The van der Waals surface area contributed by atoms with Gasteiger partial charge in [0.25, 0.3) is 5.91 Å². The number of halogens is 1. The number of hydrogen-bond acceptors (Lipinski definition) is 3. The van der Waals surface area contributed by atoms with Crippen molar-refractivity contribution in [2.24, 2.45) is 5.92 Å². The zero-order valence-electron chi connectivity index (χ0n) is 13.2. The summed E-state index contributed by atoms with van der Waals surface area (Å²) in [4.78, 5) is 24.0. The Balaban J connectivity index is 1.46. The summed E-state index contributed by atoms with van der Waals surface area (Å²) in [5.74, 6) is -1.45. The summed E-state index contributed by atoms with van der Waals surface area (Å²) in [5, 5.41) is 2.22. The van der Waals surface area contributed by atoms with Crippen molar-refractivity contribution in [1.29, 1.82) is 0 Å². The van der Waals surface area contributed by atoms with Crippen LogP contribution in [0.25, 0.3) is 0 Å². The summed E-state index contributed by atoms with van der Waals surface area (Å²) in [6.07, 6.45) is 0.770. The minimum atomic E-state index is -0.682. The quantitative estimate of drug-likeness (QED) is 0.582. The molecule has 1 aliphatic carbocycles. The second-order valence-corrected chi connectivity index (χ2v) is 6.14. The van der Waals surface area contributed by atoms with Crippen LogP contribution < -0.4 is 16.2 Å². The molecule has 25 heavy (non-hydrogen) atoms. The lowest BCUT2D eigenvalue weighted by Crippen LogP contribution is -2.49. The zero-order chi connectivity index (χ0) is 17.8. The highest BCUT2D eigenvalue weighted by Crippen LogP contribution is 2.47. The van der Waals surface area contributed by atoms with Crippen LogP contribution in [0.4, 0.5) is 4.39 Å². The van der Waals surface area contributed by atoms with E-state index >= 15 is 0 Å². The molecule has 7 heteroatoms. The maximum atomic E-state index is 13.5. The third kappa shape index (κ3) is 4.19. The molecule has 3 rings (SSSR count). The first-order valence-corrected chi connectivity index (χ1v) is 8.17. The van der Waals surface area contributed by atoms with Gasteiger partial charge in [-0.1, -0.05) is 42.5 Å². The van der Waals surface area contributed by atoms with E-state index in [4.69, 9.17) is 12.2 Å². The van der Waals surface area contributed by atoms with Gasteiger partial charge < -0.3 is 0 Å². The minimum Gasteiger partial charge on any atom is -0.298 e. The molecule has 0 heterocycles. The van der Waals surface area contributed by atoms with Gasteiger partial charge in [-0.25, -0.2) is 4.39 Å². The summed E-state index contributed by atoms with van der Waals surface area (Å²) in [7, 11) is 0. The van der Waals surface area contributed by atoms with Gasteiger partial charge in [0.05, 0.1) is 5.56 Å². The average Bonchev–Trinajstić information content (AvgIpc) is 3.41. The van der Waals surface area contributed by atoms with Crippen LogP contribution in [0.3, 0.4) is 0 Å². The van der Waals surface area contributed by atoms with E-state index in [0.717, 1.165) is 12.0 Å². The molecule has 2 amide bonds. The van der Waals surface area contributed by atoms with Crippen molar-refractivity contribution in [2.45, 2.75) is 12.3 Å². The van der Waals surface area contributed by atoms with Crippen LogP contribution >= 0.6 is 12.2 Å². The largest absolute Gasteiger partial charge is 0.298 e. The molecule has 2 unspecified atom stereocenters. The standard InChI is InChI=1S/C18H16FN3O2S/c19-15-9-5-4-8-12(15)16(23)20-18(25)22-21-17(24)14-10-13(14)11-6-2-1-3-7-11/h1-9,13-14H,10H2,(H,21,24)(H2,20,22,23,25). The predicted molar refractivity (Wildman–Crippen MR) is 95.0 cm³/mol. The van der Waals surface area contributed by atoms with E-state index < -0.39 is 11.7 Å². The highest BCUT2D eigenvalue weighted by molar-refractivity contribution is 7.80. The van der Waals surface area contributed by atoms with Crippen molar-refractivity contribution in [1.82, 2.24) is 16.2 Å². The molecule has 5 nitrogen and oxygen atoms in total. The molecule has 0 aromatic heterocycles. The van der Waals surface area contributed by atoms with E-state index in [1.165, 1.54) is 18.2 Å². The highest BCUT2D eigenvalue weighted by atomic mass is 32.1. The van der Waals surface area contributed by atoms with Gasteiger partial charge in [-0.3, -0.25) is 25.8 Å². The smallest absolute Gasteiger partial charge is 0.260 e. The number of rotatable bonds is 3. The second kappa shape index (κ2) is 7.40. The molecule has 2 atom stereocenters. The maximum absolute atomic E-state index is 13.5. The summed E-state index contributed by atoms with van der Waals surface area (Å²) in [6, 6.07) is 15.4. The SMILES string of the molecule is O=C(NC(=S)NNC(=O)C1CC1c1ccccc1)c1ccccc1F. The minimum absolute atomic E-state index is 0.0986. The number of hydrazine groups is 1. The van der Waals surface area contributed by atoms with Gasteiger partial charge in [-0.15, -0.1) is 0 Å². The molecule has 0 bridgehead atoms. The molecule has 1 saturated carbocycles. The fraction of sp³-hybridized carbons (Fsp3) is 0.167. The monoisotopic (exact) mass is 357 g/mol. The number of nitrogens with one attached hydrogen (secondary N) is 3. The molecule has 1 aliphatic rings. The van der Waals surface area contributed by atoms with E-state index in [-0.39, 0.29) is 28.4 Å². The topological polar surface area (TPSA) is 70.2 Å². The molecule has 2 aromatic rings. The Kier molecular flexibility index (Phi) is 5.04. The summed E-state index contributed by atoms with van der Waals surface area (Å²) in [5.41, 5.74) is 5.95. The van der Waals surface area contributed by atoms with Crippen molar-refractivity contribution in [2.75, 3.05) is 0 Å². The normalized spacial score (nSPS) is 18.1. The van der Waals surface area contributed by atoms with E-state index in [9.17, 15) is 14.0 Å². The Morgan fingerprint density at radius 1 is 1.00 bits per heavy atom. The first kappa shape index (κ1) is 17.0. The van der Waals surface area contributed by atoms with Gasteiger partial charge in [0.1, 0.15) is 5.82 Å². The molecule has 3 N–H and O–H groups in total. The van der Waals surface area contributed by atoms with Crippen molar-refractivity contribution in [3.8, 4) is 0 Å². The van der Waals surface area contributed by atoms with Crippen LogP contribution in [0.5, 0.6) is 0 Å². The molecule has 0 saturated heterocycles. The van der Waals surface area contributed by atoms with Crippen molar-refractivity contribution in [3.63, 3.8) is 0 Å². The van der Waals surface area contributed by atoms with E-state index in [1.54, 1.807) is 6.07 Å². The first-order valence-electron chi connectivity index (χ1n) is 7.77. The Bertz CT molecular complexity index is 813. The molecule has 2 aromatic carbocycles. The van der Waals surface area contributed by atoms with Crippen LogP contribution in [0.15, 0.2) is 54.6 Å². The molecular weight excluding hydrogens is 341 g/mol. The number of carbonyl (C=O) groups is 2. The number of benzene rings is 2. The molecule has 128 valence electrons. The Morgan fingerprint density at radius 2 is 1.68 bits per heavy atom. The summed E-state index contributed by atoms with van der Waals surface area (Å²) >= 11 is 4.94. The lowest BCUT2D eigenvalue weighted by Gasteiger charge is -2.11. The number of thiocarbonyl (C=S) groups is 1. The third-order valence-corrected chi connectivity index (χ3v) is 4.20. The number of carbonyl (C=O) groups excluding carboxylic acids is 2. The molecular formula is C18H16FN3O2S. The Hall–Kier alpha value is -2.80. The van der Waals surface area contributed by atoms with Gasteiger partial charge in [0.2, 0.25) is 5.91 Å². The molecule has 0 spiro atoms. The van der Waals surface area contributed by atoms with Gasteiger partial charge in [-0.05, 0) is 42.3 Å². The molecule has 1 fully saturated rings. The van der Waals surface area contributed by atoms with Crippen LogP contribution in [-0.4, -0.2) is 16.9 Å². The van der Waals surface area contributed by atoms with Crippen molar-refractivity contribution in [3.05, 3.63) is 71.5 Å². The highest BCUT2D eigenvalue weighted by Gasteiger charge is 2.43. The molecule has 0 radical (unpaired) electrons. The zero-order valence-corrected chi connectivity index (χ0v) is 14.0. The predicted octanol–water partition coefficient (Wildman–Crippen LogP) is 2.26.